The average Bonchev–Trinajstić information content (AvgIpc) is 2.43. The molecule has 0 spiro atoms. The summed E-state index contributed by atoms with van der Waals surface area (Å²) in [5.41, 5.74) is 1.16. The van der Waals surface area contributed by atoms with Crippen LogP contribution < -0.4 is 10.2 Å². The van der Waals surface area contributed by atoms with Gasteiger partial charge in [0, 0.05) is 10.5 Å². The molecule has 0 aliphatic rings. The minimum atomic E-state index is -1.61. The molecule has 0 fully saturated rings. The predicted molar refractivity (Wildman–Crippen MR) is 82.0 cm³/mol. The van der Waals surface area contributed by atoms with E-state index in [1.165, 1.54) is 6.07 Å². The molecule has 0 heterocycles. The highest BCUT2D eigenvalue weighted by atomic mass is 35.5. The van der Waals surface area contributed by atoms with E-state index in [2.05, 4.69) is 19.7 Å². The summed E-state index contributed by atoms with van der Waals surface area (Å²) in [6, 6.07) is 4.70. The normalized spacial score (nSPS) is 10.2. The van der Waals surface area contributed by atoms with Crippen LogP contribution in [0.2, 0.25) is 5.02 Å². The van der Waals surface area contributed by atoms with Gasteiger partial charge >= 0.3 is 7.12 Å². The second kappa shape index (κ2) is 9.45. The monoisotopic (exact) mass is 280 g/mol. The summed E-state index contributed by atoms with van der Waals surface area (Å²) in [6.07, 6.45) is 3.56. The van der Waals surface area contributed by atoms with E-state index >= 15 is 0 Å². The van der Waals surface area contributed by atoms with Gasteiger partial charge in [0.1, 0.15) is 12.4 Å². The molecule has 19 heavy (non-hydrogen) atoms. The third kappa shape index (κ3) is 5.79. The van der Waals surface area contributed by atoms with E-state index in [1.807, 2.05) is 13.0 Å². The Morgan fingerprint density at radius 1 is 1.42 bits per heavy atom. The van der Waals surface area contributed by atoms with Gasteiger partial charge in [0.15, 0.2) is 0 Å². The molecule has 1 aromatic carbocycles. The number of ether oxygens (including phenoxy) is 1. The van der Waals surface area contributed by atoms with Crippen LogP contribution in [-0.2, 0) is 0 Å². The Hall–Kier alpha value is -1.49. The maximum atomic E-state index is 9.19. The van der Waals surface area contributed by atoms with E-state index < -0.39 is 7.12 Å². The third-order valence-electron chi connectivity index (χ3n) is 2.28. The van der Waals surface area contributed by atoms with Crippen molar-refractivity contribution in [2.75, 3.05) is 6.61 Å². The molecule has 5 heteroatoms. The van der Waals surface area contributed by atoms with E-state index in [-0.39, 0.29) is 5.46 Å². The number of halogens is 1. The summed E-state index contributed by atoms with van der Waals surface area (Å²) in [4.78, 5) is 0. The van der Waals surface area contributed by atoms with Crippen molar-refractivity contribution in [3.63, 3.8) is 0 Å². The van der Waals surface area contributed by atoms with Gasteiger partial charge in [-0.05, 0) is 30.7 Å². The summed E-state index contributed by atoms with van der Waals surface area (Å²) in [7, 11) is -1.61. The Balaban J connectivity index is 0.00000154. The van der Waals surface area contributed by atoms with Crippen LogP contribution in [0.4, 0.5) is 0 Å². The number of rotatable bonds is 5. The minimum absolute atomic E-state index is 0.247. The van der Waals surface area contributed by atoms with Crippen molar-refractivity contribution in [1.82, 2.24) is 0 Å². The fourth-order valence-corrected chi connectivity index (χ4v) is 1.45. The zero-order chi connectivity index (χ0) is 14.8. The van der Waals surface area contributed by atoms with Gasteiger partial charge in [0.25, 0.3) is 0 Å². The van der Waals surface area contributed by atoms with Crippen molar-refractivity contribution >= 4 is 24.2 Å². The largest absolute Gasteiger partial charge is 0.492 e. The first-order valence-corrected chi connectivity index (χ1v) is 6.02. The molecule has 0 aliphatic heterocycles. The summed E-state index contributed by atoms with van der Waals surface area (Å²) in [5.74, 6) is 0.394. The lowest BCUT2D eigenvalue weighted by molar-refractivity contribution is 0.354. The number of allylic oxidation sites excluding steroid dienone is 1. The Kier molecular flexibility index (Phi) is 8.71. The van der Waals surface area contributed by atoms with Crippen molar-refractivity contribution in [1.29, 1.82) is 0 Å². The van der Waals surface area contributed by atoms with Gasteiger partial charge in [0.05, 0.1) is 0 Å². The quantitative estimate of drug-likeness (QED) is 0.494. The van der Waals surface area contributed by atoms with Crippen LogP contribution in [0.25, 0.3) is 0 Å². The van der Waals surface area contributed by atoms with Crippen LogP contribution in [0.3, 0.4) is 0 Å². The smallest absolute Gasteiger partial charge is 0.489 e. The molecule has 0 radical (unpaired) electrons. The fourth-order valence-electron chi connectivity index (χ4n) is 1.27. The van der Waals surface area contributed by atoms with E-state index in [0.717, 1.165) is 5.57 Å². The summed E-state index contributed by atoms with van der Waals surface area (Å²) in [6.45, 7) is 11.8. The van der Waals surface area contributed by atoms with Crippen LogP contribution >= 0.6 is 11.6 Å². The van der Waals surface area contributed by atoms with Crippen LogP contribution in [0, 0.1) is 0 Å². The first-order chi connectivity index (χ1) is 9.08. The highest BCUT2D eigenvalue weighted by molar-refractivity contribution is 6.60. The van der Waals surface area contributed by atoms with Crippen molar-refractivity contribution in [3.8, 4) is 5.75 Å². The molecule has 0 bridgehead atoms. The molecule has 1 rings (SSSR count). The second-order valence-electron chi connectivity index (χ2n) is 3.41. The number of hydrogen-bond acceptors (Lipinski definition) is 3. The molecule has 102 valence electrons. The third-order valence-corrected chi connectivity index (χ3v) is 2.51. The highest BCUT2D eigenvalue weighted by Crippen LogP contribution is 2.15. The van der Waals surface area contributed by atoms with E-state index in [4.69, 9.17) is 16.3 Å². The molecule has 0 aromatic heterocycles. The Bertz CT molecular complexity index is 444. The molecule has 0 aliphatic carbocycles. The van der Waals surface area contributed by atoms with Crippen LogP contribution in [-0.4, -0.2) is 23.8 Å². The first kappa shape index (κ1) is 17.5. The lowest BCUT2D eigenvalue weighted by Gasteiger charge is -2.11. The molecule has 0 amide bonds. The molecule has 3 nitrogen and oxygen atoms in total. The molecular weight excluding hydrogens is 262 g/mol. The average molecular weight is 281 g/mol. The maximum absolute atomic E-state index is 9.19. The van der Waals surface area contributed by atoms with Gasteiger partial charge in [-0.3, -0.25) is 0 Å². The standard InChI is InChI=1S/C12H14BClO3.C2H4/c1-3-9(4-2)8-17-12-6-5-10(14)7-11(12)13(15)16;1-2/h3-7,15-16H,1,8H2,2H3;1-2H2/b9-4+;. The molecule has 0 saturated heterocycles. The molecule has 0 atom stereocenters. The van der Waals surface area contributed by atoms with Gasteiger partial charge in [0.2, 0.25) is 0 Å². The van der Waals surface area contributed by atoms with Gasteiger partial charge in [-0.2, -0.15) is 0 Å². The predicted octanol–water partition coefficient (Wildman–Crippen LogP) is 2.33. The van der Waals surface area contributed by atoms with Crippen molar-refractivity contribution in [2.45, 2.75) is 6.92 Å². The van der Waals surface area contributed by atoms with E-state index in [0.29, 0.717) is 17.4 Å². The zero-order valence-electron chi connectivity index (χ0n) is 11.0. The molecular formula is C14H18BClO3. The fraction of sp³-hybridized carbons (Fsp3) is 0.143. The Morgan fingerprint density at radius 2 is 2.05 bits per heavy atom. The highest BCUT2D eigenvalue weighted by Gasteiger charge is 2.17. The second-order valence-corrected chi connectivity index (χ2v) is 3.85. The lowest BCUT2D eigenvalue weighted by atomic mass is 9.79. The Morgan fingerprint density at radius 3 is 2.53 bits per heavy atom. The topological polar surface area (TPSA) is 49.7 Å². The van der Waals surface area contributed by atoms with Gasteiger partial charge < -0.3 is 14.8 Å². The number of benzene rings is 1. The van der Waals surface area contributed by atoms with Crippen molar-refractivity contribution in [2.24, 2.45) is 0 Å². The molecule has 0 unspecified atom stereocenters. The van der Waals surface area contributed by atoms with Crippen LogP contribution in [0.1, 0.15) is 6.92 Å². The SMILES string of the molecule is C=C.C=C/C(=C\C)COc1ccc(Cl)cc1B(O)O. The summed E-state index contributed by atoms with van der Waals surface area (Å²) < 4.78 is 5.48. The van der Waals surface area contributed by atoms with E-state index in [9.17, 15) is 10.0 Å². The van der Waals surface area contributed by atoms with Gasteiger partial charge in [-0.1, -0.05) is 30.3 Å². The first-order valence-electron chi connectivity index (χ1n) is 5.64. The van der Waals surface area contributed by atoms with E-state index in [1.54, 1.807) is 18.2 Å². The minimum Gasteiger partial charge on any atom is -0.489 e. The Labute approximate surface area is 119 Å². The van der Waals surface area contributed by atoms with Crippen molar-refractivity contribution in [3.05, 3.63) is 60.7 Å². The molecule has 1 aromatic rings. The van der Waals surface area contributed by atoms with Crippen molar-refractivity contribution < 1.29 is 14.8 Å². The molecule has 2 N–H and O–H groups in total. The van der Waals surface area contributed by atoms with Gasteiger partial charge in [-0.15, -0.1) is 13.2 Å². The van der Waals surface area contributed by atoms with Crippen LogP contribution in [0.15, 0.2) is 55.7 Å². The lowest BCUT2D eigenvalue weighted by Crippen LogP contribution is -2.31. The zero-order valence-corrected chi connectivity index (χ0v) is 11.7. The summed E-state index contributed by atoms with van der Waals surface area (Å²) in [5, 5.41) is 18.8. The molecule has 0 saturated carbocycles. The van der Waals surface area contributed by atoms with Crippen LogP contribution in [0.5, 0.6) is 5.75 Å². The summed E-state index contributed by atoms with van der Waals surface area (Å²) >= 11 is 5.77. The van der Waals surface area contributed by atoms with Gasteiger partial charge in [-0.25, -0.2) is 0 Å². The maximum Gasteiger partial charge on any atom is 0.492 e. The number of hydrogen-bond donors (Lipinski definition) is 2.